The monoisotopic (exact) mass is 309 g/mol. The third-order valence-electron chi connectivity index (χ3n) is 4.19. The summed E-state index contributed by atoms with van der Waals surface area (Å²) in [5, 5.41) is 0. The van der Waals surface area contributed by atoms with Gasteiger partial charge in [-0.15, -0.1) is 4.68 Å². The Hall–Kier alpha value is -2.75. The van der Waals surface area contributed by atoms with E-state index in [1.54, 1.807) is 14.2 Å². The lowest BCUT2D eigenvalue weighted by atomic mass is 10.1. The van der Waals surface area contributed by atoms with Gasteiger partial charge in [0.25, 0.3) is 0 Å². The van der Waals surface area contributed by atoms with Crippen LogP contribution in [0.1, 0.15) is 0 Å². The minimum atomic E-state index is 0.864. The summed E-state index contributed by atoms with van der Waals surface area (Å²) in [6.45, 7) is 0. The standard InChI is InChI=1S/C19H21N2O2/c1-20-18(14-5-9-16(22-3)10-6-14)13-19(21(20)2)15-7-11-17(23-4)12-8-15/h5-13H,1-4H3/q+1. The second-order valence-corrected chi connectivity index (χ2v) is 5.42. The normalized spacial score (nSPS) is 10.6. The van der Waals surface area contributed by atoms with Crippen LogP contribution >= 0.6 is 0 Å². The summed E-state index contributed by atoms with van der Waals surface area (Å²) in [5.41, 5.74) is 4.62. The maximum Gasteiger partial charge on any atom is 0.238 e. The van der Waals surface area contributed by atoms with Gasteiger partial charge in [0.1, 0.15) is 17.2 Å². The second-order valence-electron chi connectivity index (χ2n) is 5.42. The van der Waals surface area contributed by atoms with Crippen molar-refractivity contribution in [2.75, 3.05) is 14.2 Å². The Labute approximate surface area is 136 Å². The first-order chi connectivity index (χ1) is 11.1. The molecule has 3 aromatic rings. The lowest BCUT2D eigenvalue weighted by Crippen LogP contribution is -2.39. The molecule has 0 unspecified atom stereocenters. The molecule has 0 aliphatic rings. The topological polar surface area (TPSA) is 27.3 Å². The largest absolute Gasteiger partial charge is 0.497 e. The van der Waals surface area contributed by atoms with E-state index in [4.69, 9.17) is 9.47 Å². The average Bonchev–Trinajstić information content (AvgIpc) is 2.91. The Balaban J connectivity index is 2.03. The van der Waals surface area contributed by atoms with Gasteiger partial charge in [-0.1, -0.05) is 0 Å². The average molecular weight is 309 g/mol. The lowest BCUT2D eigenvalue weighted by molar-refractivity contribution is -0.740. The highest BCUT2D eigenvalue weighted by Gasteiger charge is 2.19. The van der Waals surface area contributed by atoms with Crippen LogP contribution in [0.15, 0.2) is 54.6 Å². The van der Waals surface area contributed by atoms with Crippen LogP contribution in [0, 0.1) is 0 Å². The molecule has 0 saturated carbocycles. The van der Waals surface area contributed by atoms with Gasteiger partial charge in [-0.3, -0.25) is 0 Å². The number of rotatable bonds is 4. The summed E-state index contributed by atoms with van der Waals surface area (Å²) in [6, 6.07) is 18.4. The van der Waals surface area contributed by atoms with E-state index in [-0.39, 0.29) is 0 Å². The minimum Gasteiger partial charge on any atom is -0.497 e. The van der Waals surface area contributed by atoms with Crippen molar-refractivity contribution in [3.8, 4) is 34.0 Å². The molecular formula is C19H21N2O2+. The number of nitrogens with zero attached hydrogens (tertiary/aromatic N) is 2. The quantitative estimate of drug-likeness (QED) is 0.692. The summed E-state index contributed by atoms with van der Waals surface area (Å²) < 4.78 is 14.7. The SMILES string of the molecule is COc1ccc(-c2cc(-c3ccc(OC)cc3)[n+](C)n2C)cc1. The molecule has 0 atom stereocenters. The molecule has 4 nitrogen and oxygen atoms in total. The fourth-order valence-electron chi connectivity index (χ4n) is 2.70. The molecule has 0 bridgehead atoms. The number of methoxy groups -OCH3 is 2. The lowest BCUT2D eigenvalue weighted by Gasteiger charge is -2.02. The van der Waals surface area contributed by atoms with Crippen molar-refractivity contribution in [2.45, 2.75) is 0 Å². The molecule has 3 rings (SSSR count). The van der Waals surface area contributed by atoms with Gasteiger partial charge in [-0.05, 0) is 48.5 Å². The minimum absolute atomic E-state index is 0.864. The molecule has 2 aromatic carbocycles. The van der Waals surface area contributed by atoms with Crippen molar-refractivity contribution >= 4 is 0 Å². The highest BCUT2D eigenvalue weighted by atomic mass is 16.5. The van der Waals surface area contributed by atoms with Gasteiger partial charge in [0, 0.05) is 17.2 Å². The van der Waals surface area contributed by atoms with Crippen molar-refractivity contribution < 1.29 is 14.2 Å². The first kappa shape index (κ1) is 15.2. The number of hydrogen-bond donors (Lipinski definition) is 0. The van der Waals surface area contributed by atoms with E-state index in [0.717, 1.165) is 34.0 Å². The molecule has 0 aliphatic carbocycles. The fourth-order valence-corrected chi connectivity index (χ4v) is 2.70. The molecule has 0 radical (unpaired) electrons. The van der Waals surface area contributed by atoms with E-state index in [1.165, 1.54) is 0 Å². The summed E-state index contributed by atoms with van der Waals surface area (Å²) in [5.74, 6) is 1.73. The molecular weight excluding hydrogens is 288 g/mol. The van der Waals surface area contributed by atoms with Crippen LogP contribution in [0.2, 0.25) is 0 Å². The Morgan fingerprint density at radius 1 is 0.783 bits per heavy atom. The molecule has 0 aliphatic heterocycles. The van der Waals surface area contributed by atoms with Crippen molar-refractivity contribution in [1.29, 1.82) is 0 Å². The smallest absolute Gasteiger partial charge is 0.238 e. The Morgan fingerprint density at radius 3 is 1.74 bits per heavy atom. The van der Waals surface area contributed by atoms with Gasteiger partial charge in [-0.25, -0.2) is 0 Å². The first-order valence-electron chi connectivity index (χ1n) is 7.49. The zero-order chi connectivity index (χ0) is 16.4. The molecule has 0 N–H and O–H groups in total. The molecule has 1 heterocycles. The van der Waals surface area contributed by atoms with Crippen LogP contribution in [0.4, 0.5) is 0 Å². The van der Waals surface area contributed by atoms with Crippen molar-refractivity contribution in [3.05, 3.63) is 54.6 Å². The maximum atomic E-state index is 5.23. The Kier molecular flexibility index (Phi) is 4.06. The van der Waals surface area contributed by atoms with E-state index in [2.05, 4.69) is 53.8 Å². The van der Waals surface area contributed by atoms with Crippen LogP contribution in [0.3, 0.4) is 0 Å². The number of ether oxygens (including phenoxy) is 2. The van der Waals surface area contributed by atoms with E-state index in [0.29, 0.717) is 0 Å². The molecule has 0 fully saturated rings. The predicted molar refractivity (Wildman–Crippen MR) is 90.6 cm³/mol. The maximum absolute atomic E-state index is 5.23. The third-order valence-corrected chi connectivity index (χ3v) is 4.19. The predicted octanol–water partition coefficient (Wildman–Crippen LogP) is 3.20. The van der Waals surface area contributed by atoms with Gasteiger partial charge in [0.2, 0.25) is 5.69 Å². The first-order valence-corrected chi connectivity index (χ1v) is 7.49. The van der Waals surface area contributed by atoms with Crippen molar-refractivity contribution in [3.63, 3.8) is 0 Å². The Bertz CT molecular complexity index is 735. The van der Waals surface area contributed by atoms with Gasteiger partial charge in [0.15, 0.2) is 7.05 Å². The zero-order valence-electron chi connectivity index (χ0n) is 13.9. The van der Waals surface area contributed by atoms with Crippen LogP contribution in [-0.2, 0) is 14.1 Å². The molecule has 1 aromatic heterocycles. The Morgan fingerprint density at radius 2 is 1.26 bits per heavy atom. The fraction of sp³-hybridized carbons (Fsp3) is 0.211. The number of benzene rings is 2. The summed E-state index contributed by atoms with van der Waals surface area (Å²) in [4.78, 5) is 0. The van der Waals surface area contributed by atoms with Crippen molar-refractivity contribution in [2.24, 2.45) is 14.1 Å². The highest BCUT2D eigenvalue weighted by molar-refractivity contribution is 5.67. The molecule has 23 heavy (non-hydrogen) atoms. The molecule has 0 amide bonds. The van der Waals surface area contributed by atoms with E-state index in [1.807, 2.05) is 24.3 Å². The summed E-state index contributed by atoms with van der Waals surface area (Å²) >= 11 is 0. The van der Waals surface area contributed by atoms with E-state index in [9.17, 15) is 0 Å². The number of aromatic nitrogens is 2. The molecule has 118 valence electrons. The zero-order valence-corrected chi connectivity index (χ0v) is 13.9. The van der Waals surface area contributed by atoms with Gasteiger partial charge in [0.05, 0.1) is 21.3 Å². The summed E-state index contributed by atoms with van der Waals surface area (Å²) in [6.07, 6.45) is 0. The van der Waals surface area contributed by atoms with Crippen LogP contribution in [0.5, 0.6) is 11.5 Å². The second kappa shape index (κ2) is 6.16. The summed E-state index contributed by atoms with van der Waals surface area (Å²) in [7, 11) is 7.48. The van der Waals surface area contributed by atoms with E-state index >= 15 is 0 Å². The number of hydrogen-bond acceptors (Lipinski definition) is 2. The van der Waals surface area contributed by atoms with Crippen LogP contribution < -0.4 is 14.2 Å². The van der Waals surface area contributed by atoms with Crippen LogP contribution in [0.25, 0.3) is 22.5 Å². The van der Waals surface area contributed by atoms with Gasteiger partial charge < -0.3 is 9.47 Å². The van der Waals surface area contributed by atoms with Crippen molar-refractivity contribution in [1.82, 2.24) is 4.68 Å². The highest BCUT2D eigenvalue weighted by Crippen LogP contribution is 2.26. The van der Waals surface area contributed by atoms with Crippen LogP contribution in [-0.4, -0.2) is 18.9 Å². The van der Waals surface area contributed by atoms with E-state index < -0.39 is 0 Å². The third kappa shape index (κ3) is 2.80. The molecule has 0 saturated heterocycles. The molecule has 0 spiro atoms. The molecule has 4 heteroatoms. The van der Waals surface area contributed by atoms with Gasteiger partial charge >= 0.3 is 0 Å². The van der Waals surface area contributed by atoms with Gasteiger partial charge in [-0.2, -0.15) is 4.68 Å².